The van der Waals surface area contributed by atoms with Gasteiger partial charge in [0, 0.05) is 5.56 Å². The highest BCUT2D eigenvalue weighted by Crippen LogP contribution is 2.32. The summed E-state index contributed by atoms with van der Waals surface area (Å²) in [4.78, 5) is 8.79. The van der Waals surface area contributed by atoms with Crippen LogP contribution in [0.2, 0.25) is 5.02 Å². The summed E-state index contributed by atoms with van der Waals surface area (Å²) in [6.07, 6.45) is 2.66. The van der Waals surface area contributed by atoms with Crippen molar-refractivity contribution < 1.29 is 9.50 Å². The van der Waals surface area contributed by atoms with E-state index in [9.17, 15) is 9.50 Å². The van der Waals surface area contributed by atoms with Gasteiger partial charge in [0.1, 0.15) is 11.1 Å². The first-order chi connectivity index (χ1) is 11.6. The molecule has 4 rings (SSSR count). The summed E-state index contributed by atoms with van der Waals surface area (Å²) in [6, 6.07) is 4.74. The maximum absolute atomic E-state index is 14.2. The Kier molecular flexibility index (Phi) is 3.71. The third-order valence-corrected chi connectivity index (χ3v) is 4.68. The number of aromatic amines is 1. The number of rotatable bonds is 2. The van der Waals surface area contributed by atoms with Gasteiger partial charge in [-0.05, 0) is 38.1 Å². The molecule has 0 bridgehead atoms. The molecular weight excluding hydrogens is 333 g/mol. The summed E-state index contributed by atoms with van der Waals surface area (Å²) in [7, 11) is 0. The zero-order valence-electron chi connectivity index (χ0n) is 12.7. The molecule has 0 amide bonds. The zero-order chi connectivity index (χ0) is 16.7. The van der Waals surface area contributed by atoms with Crippen molar-refractivity contribution in [1.82, 2.24) is 25.5 Å². The topological polar surface area (TPSA) is 86.7 Å². The van der Waals surface area contributed by atoms with Crippen LogP contribution < -0.4 is 5.32 Å². The Balaban J connectivity index is 1.80. The molecule has 124 valence electrons. The van der Waals surface area contributed by atoms with Crippen LogP contribution in [0.1, 0.15) is 18.5 Å². The second-order valence-electron chi connectivity index (χ2n) is 5.91. The van der Waals surface area contributed by atoms with Gasteiger partial charge >= 0.3 is 0 Å². The number of aromatic nitrogens is 4. The van der Waals surface area contributed by atoms with E-state index in [4.69, 9.17) is 11.6 Å². The van der Waals surface area contributed by atoms with Gasteiger partial charge in [0.15, 0.2) is 5.82 Å². The number of benzene rings is 1. The molecule has 0 radical (unpaired) electrons. The molecule has 6 nitrogen and oxygen atoms in total. The Hall–Kier alpha value is -2.09. The number of hydrogen-bond acceptors (Lipinski definition) is 5. The van der Waals surface area contributed by atoms with Gasteiger partial charge in [-0.25, -0.2) is 14.4 Å². The second kappa shape index (κ2) is 5.77. The highest BCUT2D eigenvalue weighted by molar-refractivity contribution is 6.31. The molecule has 0 spiro atoms. The van der Waals surface area contributed by atoms with Crippen LogP contribution in [0.3, 0.4) is 0 Å². The third kappa shape index (κ3) is 2.45. The lowest BCUT2D eigenvalue weighted by Crippen LogP contribution is -2.40. The molecule has 1 fully saturated rings. The van der Waals surface area contributed by atoms with Gasteiger partial charge < -0.3 is 10.4 Å². The van der Waals surface area contributed by atoms with E-state index >= 15 is 0 Å². The minimum absolute atomic E-state index is 0.0313. The van der Waals surface area contributed by atoms with Gasteiger partial charge in [0.25, 0.3) is 0 Å². The molecule has 0 unspecified atom stereocenters. The van der Waals surface area contributed by atoms with Gasteiger partial charge in [-0.2, -0.15) is 5.10 Å². The first-order valence-corrected chi connectivity index (χ1v) is 8.05. The van der Waals surface area contributed by atoms with Gasteiger partial charge in [0.2, 0.25) is 5.65 Å². The van der Waals surface area contributed by atoms with Crippen molar-refractivity contribution in [2.45, 2.75) is 18.4 Å². The van der Waals surface area contributed by atoms with Crippen molar-refractivity contribution in [3.8, 4) is 11.3 Å². The first-order valence-electron chi connectivity index (χ1n) is 7.67. The molecule has 2 aromatic heterocycles. The van der Waals surface area contributed by atoms with E-state index in [0.29, 0.717) is 35.4 Å². The van der Waals surface area contributed by atoms with E-state index in [-0.39, 0.29) is 10.6 Å². The summed E-state index contributed by atoms with van der Waals surface area (Å²) in [5, 5.41) is 20.9. The summed E-state index contributed by atoms with van der Waals surface area (Å²) in [6.45, 7) is 1.44. The lowest BCUT2D eigenvalue weighted by atomic mass is 9.89. The molecule has 24 heavy (non-hydrogen) atoms. The average molecular weight is 348 g/mol. The SMILES string of the molecule is OC1(c2cnc3c(-c4cccc(Cl)c4F)[nH]nc3n2)CCNCC1. The molecule has 0 atom stereocenters. The van der Waals surface area contributed by atoms with Crippen LogP contribution in [-0.2, 0) is 5.60 Å². The predicted octanol–water partition coefficient (Wildman–Crippen LogP) is 2.38. The van der Waals surface area contributed by atoms with Gasteiger partial charge in [-0.1, -0.05) is 17.7 Å². The Morgan fingerprint density at radius 3 is 2.83 bits per heavy atom. The summed E-state index contributed by atoms with van der Waals surface area (Å²) >= 11 is 5.84. The van der Waals surface area contributed by atoms with Crippen LogP contribution in [0, 0.1) is 5.82 Å². The summed E-state index contributed by atoms with van der Waals surface area (Å²) in [5.41, 5.74) is 0.966. The smallest absolute Gasteiger partial charge is 0.200 e. The fourth-order valence-electron chi connectivity index (χ4n) is 3.00. The average Bonchev–Trinajstić information content (AvgIpc) is 3.01. The quantitative estimate of drug-likeness (QED) is 0.662. The third-order valence-electron chi connectivity index (χ3n) is 4.39. The van der Waals surface area contributed by atoms with E-state index in [2.05, 4.69) is 25.5 Å². The minimum atomic E-state index is -1.01. The van der Waals surface area contributed by atoms with Crippen molar-refractivity contribution in [2.24, 2.45) is 0 Å². The standard InChI is InChI=1S/C16H15ClFN5O/c17-10-3-1-2-9(12(10)18)13-14-15(23-22-13)21-11(8-20-14)16(24)4-6-19-7-5-16/h1-3,8,19,24H,4-7H2,(H,21,22,23). The van der Waals surface area contributed by atoms with E-state index in [1.165, 1.54) is 12.3 Å². The Morgan fingerprint density at radius 1 is 1.25 bits per heavy atom. The monoisotopic (exact) mass is 347 g/mol. The lowest BCUT2D eigenvalue weighted by Gasteiger charge is -2.31. The highest BCUT2D eigenvalue weighted by Gasteiger charge is 2.33. The van der Waals surface area contributed by atoms with Crippen molar-refractivity contribution >= 4 is 22.8 Å². The van der Waals surface area contributed by atoms with Crippen LogP contribution in [-0.4, -0.2) is 38.4 Å². The molecule has 1 aliphatic rings. The van der Waals surface area contributed by atoms with E-state index in [0.717, 1.165) is 13.1 Å². The van der Waals surface area contributed by atoms with Crippen LogP contribution in [0.4, 0.5) is 4.39 Å². The molecule has 1 aliphatic heterocycles. The molecule has 3 N–H and O–H groups in total. The van der Waals surface area contributed by atoms with Crippen LogP contribution in [0.15, 0.2) is 24.4 Å². The normalized spacial score (nSPS) is 17.3. The summed E-state index contributed by atoms with van der Waals surface area (Å²) < 4.78 is 14.2. The molecule has 8 heteroatoms. The Labute approximate surface area is 142 Å². The number of piperidine rings is 1. The zero-order valence-corrected chi connectivity index (χ0v) is 13.4. The first kappa shape index (κ1) is 15.4. The maximum atomic E-state index is 14.2. The van der Waals surface area contributed by atoms with Gasteiger partial charge in [0.05, 0.1) is 22.6 Å². The lowest BCUT2D eigenvalue weighted by molar-refractivity contribution is 0.00182. The number of fused-ring (bicyclic) bond motifs is 1. The van der Waals surface area contributed by atoms with Gasteiger partial charge in [-0.3, -0.25) is 5.10 Å². The number of nitrogens with zero attached hydrogens (tertiary/aromatic N) is 3. The number of halogens is 2. The molecule has 0 aliphatic carbocycles. The number of H-pyrrole nitrogens is 1. The largest absolute Gasteiger partial charge is 0.383 e. The number of aliphatic hydroxyl groups is 1. The van der Waals surface area contributed by atoms with Crippen molar-refractivity contribution in [1.29, 1.82) is 0 Å². The summed E-state index contributed by atoms with van der Waals surface area (Å²) in [5.74, 6) is -0.535. The van der Waals surface area contributed by atoms with E-state index in [1.807, 2.05) is 0 Å². The predicted molar refractivity (Wildman–Crippen MR) is 88.1 cm³/mol. The molecule has 0 saturated carbocycles. The molecule has 3 aromatic rings. The van der Waals surface area contributed by atoms with E-state index < -0.39 is 11.4 Å². The number of hydrogen-bond donors (Lipinski definition) is 3. The highest BCUT2D eigenvalue weighted by atomic mass is 35.5. The Bertz CT molecular complexity index is 907. The fraction of sp³-hybridized carbons (Fsp3) is 0.312. The van der Waals surface area contributed by atoms with Gasteiger partial charge in [-0.15, -0.1) is 0 Å². The fourth-order valence-corrected chi connectivity index (χ4v) is 3.18. The molecule has 1 saturated heterocycles. The van der Waals surface area contributed by atoms with Crippen molar-refractivity contribution in [3.63, 3.8) is 0 Å². The Morgan fingerprint density at radius 2 is 2.04 bits per heavy atom. The van der Waals surface area contributed by atoms with Crippen LogP contribution in [0.25, 0.3) is 22.4 Å². The van der Waals surface area contributed by atoms with Crippen molar-refractivity contribution in [2.75, 3.05) is 13.1 Å². The van der Waals surface area contributed by atoms with Crippen molar-refractivity contribution in [3.05, 3.63) is 40.9 Å². The van der Waals surface area contributed by atoms with E-state index in [1.54, 1.807) is 12.1 Å². The molecule has 1 aromatic carbocycles. The second-order valence-corrected chi connectivity index (χ2v) is 6.32. The van der Waals surface area contributed by atoms with Crippen LogP contribution >= 0.6 is 11.6 Å². The molecule has 3 heterocycles. The van der Waals surface area contributed by atoms with Crippen LogP contribution in [0.5, 0.6) is 0 Å². The maximum Gasteiger partial charge on any atom is 0.200 e. The number of nitrogens with one attached hydrogen (secondary N) is 2. The minimum Gasteiger partial charge on any atom is -0.383 e. The molecular formula is C16H15ClFN5O.